The topological polar surface area (TPSA) is 21.7 Å². The molecule has 1 aliphatic heterocycles. The van der Waals surface area contributed by atoms with Gasteiger partial charge in [0.25, 0.3) is 0 Å². The van der Waals surface area contributed by atoms with Crippen molar-refractivity contribution < 1.29 is 9.47 Å². The van der Waals surface area contributed by atoms with E-state index in [4.69, 9.17) is 9.47 Å². The molecule has 0 saturated carbocycles. The fraction of sp³-hybridized carbons (Fsp3) is 0.500. The SMILES string of the molecule is Cc1cc2c(cc1N(C)C(C)C)OCO2. The number of ether oxygens (including phenoxy) is 2. The Morgan fingerprint density at radius 3 is 2.40 bits per heavy atom. The predicted octanol–water partition coefficient (Wildman–Crippen LogP) is 2.57. The molecule has 0 atom stereocenters. The summed E-state index contributed by atoms with van der Waals surface area (Å²) >= 11 is 0. The van der Waals surface area contributed by atoms with Gasteiger partial charge in [0.1, 0.15) is 0 Å². The fourth-order valence-electron chi connectivity index (χ4n) is 1.69. The molecule has 0 unspecified atom stereocenters. The van der Waals surface area contributed by atoms with Crippen LogP contribution in [-0.2, 0) is 0 Å². The molecule has 3 nitrogen and oxygen atoms in total. The van der Waals surface area contributed by atoms with E-state index in [2.05, 4.69) is 38.8 Å². The summed E-state index contributed by atoms with van der Waals surface area (Å²) in [4.78, 5) is 2.23. The van der Waals surface area contributed by atoms with Crippen LogP contribution in [0.15, 0.2) is 12.1 Å². The van der Waals surface area contributed by atoms with Gasteiger partial charge in [-0.3, -0.25) is 0 Å². The van der Waals surface area contributed by atoms with Crippen LogP contribution < -0.4 is 14.4 Å². The molecule has 1 aliphatic rings. The summed E-state index contributed by atoms with van der Waals surface area (Å²) in [7, 11) is 2.09. The van der Waals surface area contributed by atoms with Gasteiger partial charge in [-0.15, -0.1) is 0 Å². The molecule has 3 heteroatoms. The molecule has 0 radical (unpaired) electrons. The zero-order chi connectivity index (χ0) is 11.0. The van der Waals surface area contributed by atoms with Gasteiger partial charge in [-0.05, 0) is 32.4 Å². The highest BCUT2D eigenvalue weighted by atomic mass is 16.7. The molecule has 15 heavy (non-hydrogen) atoms. The first-order chi connectivity index (χ1) is 7.09. The summed E-state index contributed by atoms with van der Waals surface area (Å²) in [5.74, 6) is 1.71. The highest BCUT2D eigenvalue weighted by Gasteiger charge is 2.18. The molecule has 1 aromatic carbocycles. The highest BCUT2D eigenvalue weighted by molar-refractivity contribution is 5.62. The fourth-order valence-corrected chi connectivity index (χ4v) is 1.69. The maximum absolute atomic E-state index is 5.38. The summed E-state index contributed by atoms with van der Waals surface area (Å²) in [6.07, 6.45) is 0. The summed E-state index contributed by atoms with van der Waals surface area (Å²) < 4.78 is 10.7. The Bertz CT molecular complexity index is 374. The maximum Gasteiger partial charge on any atom is 0.231 e. The number of rotatable bonds is 2. The van der Waals surface area contributed by atoms with Crippen molar-refractivity contribution in [3.05, 3.63) is 17.7 Å². The molecule has 2 rings (SSSR count). The lowest BCUT2D eigenvalue weighted by molar-refractivity contribution is 0.174. The average molecular weight is 207 g/mol. The zero-order valence-corrected chi connectivity index (χ0v) is 9.70. The Kier molecular flexibility index (Phi) is 2.47. The number of hydrogen-bond donors (Lipinski definition) is 0. The van der Waals surface area contributed by atoms with Gasteiger partial charge in [0.15, 0.2) is 11.5 Å². The molecule has 0 aromatic heterocycles. The van der Waals surface area contributed by atoms with Crippen LogP contribution in [-0.4, -0.2) is 19.9 Å². The van der Waals surface area contributed by atoms with E-state index in [0.29, 0.717) is 12.8 Å². The minimum atomic E-state index is 0.337. The largest absolute Gasteiger partial charge is 0.454 e. The van der Waals surface area contributed by atoms with Gasteiger partial charge in [-0.25, -0.2) is 0 Å². The van der Waals surface area contributed by atoms with Crippen molar-refractivity contribution in [2.24, 2.45) is 0 Å². The van der Waals surface area contributed by atoms with E-state index in [1.54, 1.807) is 0 Å². The number of nitrogens with zero attached hydrogens (tertiary/aromatic N) is 1. The molecule has 0 spiro atoms. The van der Waals surface area contributed by atoms with Crippen LogP contribution in [0.1, 0.15) is 19.4 Å². The van der Waals surface area contributed by atoms with Crippen molar-refractivity contribution >= 4 is 5.69 Å². The Hall–Kier alpha value is -1.38. The second-order valence-electron chi connectivity index (χ2n) is 4.20. The van der Waals surface area contributed by atoms with Crippen LogP contribution in [0.5, 0.6) is 11.5 Å². The molecule has 1 heterocycles. The minimum absolute atomic E-state index is 0.337. The molecule has 0 aliphatic carbocycles. The molecule has 0 fully saturated rings. The first-order valence-corrected chi connectivity index (χ1v) is 5.22. The normalized spacial score (nSPS) is 13.4. The first kappa shape index (κ1) is 10.1. The molecular formula is C12H17NO2. The van der Waals surface area contributed by atoms with Gasteiger partial charge in [0.05, 0.1) is 0 Å². The molecule has 0 N–H and O–H groups in total. The van der Waals surface area contributed by atoms with Crippen molar-refractivity contribution in [2.75, 3.05) is 18.7 Å². The van der Waals surface area contributed by atoms with Crippen LogP contribution in [0.4, 0.5) is 5.69 Å². The monoisotopic (exact) mass is 207 g/mol. The van der Waals surface area contributed by atoms with Gasteiger partial charge in [0.2, 0.25) is 6.79 Å². The Labute approximate surface area is 90.6 Å². The number of aryl methyl sites for hydroxylation is 1. The van der Waals surface area contributed by atoms with E-state index in [-0.39, 0.29) is 0 Å². The molecule has 0 bridgehead atoms. The third-order valence-corrected chi connectivity index (χ3v) is 2.85. The maximum atomic E-state index is 5.38. The lowest BCUT2D eigenvalue weighted by atomic mass is 10.1. The summed E-state index contributed by atoms with van der Waals surface area (Å²) in [5.41, 5.74) is 2.42. The van der Waals surface area contributed by atoms with Crippen LogP contribution in [0.2, 0.25) is 0 Å². The highest BCUT2D eigenvalue weighted by Crippen LogP contribution is 2.38. The van der Waals surface area contributed by atoms with E-state index in [9.17, 15) is 0 Å². The van der Waals surface area contributed by atoms with Crippen LogP contribution in [0.25, 0.3) is 0 Å². The number of hydrogen-bond acceptors (Lipinski definition) is 3. The second-order valence-corrected chi connectivity index (χ2v) is 4.20. The van der Waals surface area contributed by atoms with Crippen molar-refractivity contribution in [3.63, 3.8) is 0 Å². The minimum Gasteiger partial charge on any atom is -0.454 e. The van der Waals surface area contributed by atoms with Gasteiger partial charge in [-0.2, -0.15) is 0 Å². The smallest absolute Gasteiger partial charge is 0.231 e. The molecule has 0 saturated heterocycles. The summed E-state index contributed by atoms with van der Waals surface area (Å²) in [6.45, 7) is 6.77. The van der Waals surface area contributed by atoms with Crippen molar-refractivity contribution in [2.45, 2.75) is 26.8 Å². The lowest BCUT2D eigenvalue weighted by Crippen LogP contribution is -2.26. The molecule has 1 aromatic rings. The third kappa shape index (κ3) is 1.74. The number of anilines is 1. The van der Waals surface area contributed by atoms with Gasteiger partial charge in [0, 0.05) is 24.8 Å². The second kappa shape index (κ2) is 3.65. The zero-order valence-electron chi connectivity index (χ0n) is 9.70. The van der Waals surface area contributed by atoms with E-state index in [1.807, 2.05) is 6.07 Å². The Balaban J connectivity index is 2.40. The number of fused-ring (bicyclic) bond motifs is 1. The Morgan fingerprint density at radius 1 is 1.20 bits per heavy atom. The van der Waals surface area contributed by atoms with E-state index in [0.717, 1.165) is 11.5 Å². The van der Waals surface area contributed by atoms with Crippen molar-refractivity contribution in [3.8, 4) is 11.5 Å². The van der Waals surface area contributed by atoms with E-state index < -0.39 is 0 Å². The Morgan fingerprint density at radius 2 is 1.80 bits per heavy atom. The van der Waals surface area contributed by atoms with E-state index in [1.165, 1.54) is 11.3 Å². The standard InChI is InChI=1S/C12H17NO2/c1-8(2)13(4)10-6-12-11(5-9(10)3)14-7-15-12/h5-6,8H,7H2,1-4H3. The van der Waals surface area contributed by atoms with Crippen LogP contribution in [0, 0.1) is 6.92 Å². The molecule has 82 valence electrons. The van der Waals surface area contributed by atoms with Crippen LogP contribution >= 0.6 is 0 Å². The van der Waals surface area contributed by atoms with E-state index >= 15 is 0 Å². The summed E-state index contributed by atoms with van der Waals surface area (Å²) in [6, 6.07) is 4.57. The number of benzene rings is 1. The van der Waals surface area contributed by atoms with Gasteiger partial charge >= 0.3 is 0 Å². The lowest BCUT2D eigenvalue weighted by Gasteiger charge is -2.25. The molecular weight excluding hydrogens is 190 g/mol. The van der Waals surface area contributed by atoms with Crippen molar-refractivity contribution in [1.82, 2.24) is 0 Å². The van der Waals surface area contributed by atoms with Crippen molar-refractivity contribution in [1.29, 1.82) is 0 Å². The quantitative estimate of drug-likeness (QED) is 0.744. The van der Waals surface area contributed by atoms with Gasteiger partial charge < -0.3 is 14.4 Å². The van der Waals surface area contributed by atoms with Gasteiger partial charge in [-0.1, -0.05) is 0 Å². The predicted molar refractivity (Wildman–Crippen MR) is 60.8 cm³/mol. The summed E-state index contributed by atoms with van der Waals surface area (Å²) in [5, 5.41) is 0. The first-order valence-electron chi connectivity index (χ1n) is 5.22. The molecule has 0 amide bonds. The van der Waals surface area contributed by atoms with Crippen LogP contribution in [0.3, 0.4) is 0 Å². The third-order valence-electron chi connectivity index (χ3n) is 2.85. The average Bonchev–Trinajstić information content (AvgIpc) is 2.62.